The molecule has 6 heteroatoms. The van der Waals surface area contributed by atoms with Crippen molar-refractivity contribution in [1.29, 1.82) is 0 Å². The number of carbonyl (C=O) groups is 1. The smallest absolute Gasteiger partial charge is 0.227 e. The van der Waals surface area contributed by atoms with E-state index in [9.17, 15) is 9.18 Å². The van der Waals surface area contributed by atoms with Crippen LogP contribution in [0.5, 0.6) is 0 Å². The number of hydrogen-bond donors (Lipinski definition) is 1. The second kappa shape index (κ2) is 8.58. The maximum Gasteiger partial charge on any atom is 0.227 e. The van der Waals surface area contributed by atoms with E-state index in [1.54, 1.807) is 19.1 Å². The lowest BCUT2D eigenvalue weighted by Gasteiger charge is -2.06. The van der Waals surface area contributed by atoms with E-state index in [2.05, 4.69) is 22.4 Å². The molecule has 5 nitrogen and oxygen atoms in total. The van der Waals surface area contributed by atoms with E-state index in [-0.39, 0.29) is 18.1 Å². The summed E-state index contributed by atoms with van der Waals surface area (Å²) in [6, 6.07) is 12.8. The number of halogens is 1. The van der Waals surface area contributed by atoms with Gasteiger partial charge in [-0.1, -0.05) is 48.5 Å². The summed E-state index contributed by atoms with van der Waals surface area (Å²) in [4.78, 5) is 16.4. The molecule has 1 heterocycles. The molecule has 0 unspecified atom stereocenters. The van der Waals surface area contributed by atoms with Crippen molar-refractivity contribution >= 4 is 5.91 Å². The van der Waals surface area contributed by atoms with Crippen LogP contribution in [-0.4, -0.2) is 16.0 Å². The number of nitrogens with one attached hydrogen (secondary N) is 1. The Kier molecular flexibility index (Phi) is 5.96. The SMILES string of the molecule is CCc1ccc(-c2noc(CCC(=O)NCc3ccc(F)c(C)c3)n2)cc1. The molecule has 0 saturated heterocycles. The van der Waals surface area contributed by atoms with Crippen molar-refractivity contribution in [2.75, 3.05) is 0 Å². The van der Waals surface area contributed by atoms with Gasteiger partial charge in [-0.05, 0) is 36.1 Å². The van der Waals surface area contributed by atoms with Crippen LogP contribution in [0.15, 0.2) is 47.0 Å². The first-order chi connectivity index (χ1) is 13.0. The van der Waals surface area contributed by atoms with Crippen LogP contribution in [0.2, 0.25) is 0 Å². The van der Waals surface area contributed by atoms with Gasteiger partial charge in [-0.25, -0.2) is 4.39 Å². The molecule has 140 valence electrons. The predicted octanol–water partition coefficient (Wildman–Crippen LogP) is 4.00. The molecule has 0 fully saturated rings. The molecule has 3 aromatic rings. The van der Waals surface area contributed by atoms with Gasteiger partial charge in [0.25, 0.3) is 0 Å². The zero-order chi connectivity index (χ0) is 19.2. The van der Waals surface area contributed by atoms with Gasteiger partial charge in [-0.2, -0.15) is 4.98 Å². The average Bonchev–Trinajstić information content (AvgIpc) is 3.16. The summed E-state index contributed by atoms with van der Waals surface area (Å²) in [5, 5.41) is 6.79. The maximum absolute atomic E-state index is 13.3. The van der Waals surface area contributed by atoms with Crippen molar-refractivity contribution in [2.24, 2.45) is 0 Å². The molecule has 1 N–H and O–H groups in total. The quantitative estimate of drug-likeness (QED) is 0.685. The molecule has 0 bridgehead atoms. The number of aromatic nitrogens is 2. The van der Waals surface area contributed by atoms with Crippen LogP contribution in [0, 0.1) is 12.7 Å². The van der Waals surface area contributed by atoms with Gasteiger partial charge in [-0.3, -0.25) is 4.79 Å². The van der Waals surface area contributed by atoms with Crippen molar-refractivity contribution in [1.82, 2.24) is 15.5 Å². The van der Waals surface area contributed by atoms with Crippen molar-refractivity contribution < 1.29 is 13.7 Å². The van der Waals surface area contributed by atoms with Gasteiger partial charge in [0, 0.05) is 24.9 Å². The number of carbonyl (C=O) groups excluding carboxylic acids is 1. The monoisotopic (exact) mass is 367 g/mol. The highest BCUT2D eigenvalue weighted by Crippen LogP contribution is 2.17. The molecular formula is C21H22FN3O2. The van der Waals surface area contributed by atoms with Crippen molar-refractivity contribution in [3.8, 4) is 11.4 Å². The number of nitrogens with zero attached hydrogens (tertiary/aromatic N) is 2. The van der Waals surface area contributed by atoms with Gasteiger partial charge in [0.1, 0.15) is 5.82 Å². The van der Waals surface area contributed by atoms with Gasteiger partial charge in [0.05, 0.1) is 0 Å². The van der Waals surface area contributed by atoms with E-state index in [1.807, 2.05) is 24.3 Å². The summed E-state index contributed by atoms with van der Waals surface area (Å²) in [5.74, 6) is 0.581. The third-order valence-corrected chi connectivity index (χ3v) is 4.37. The molecule has 2 aromatic carbocycles. The molecule has 3 rings (SSSR count). The summed E-state index contributed by atoms with van der Waals surface area (Å²) in [5.41, 5.74) is 3.55. The van der Waals surface area contributed by atoms with Crippen LogP contribution in [0.3, 0.4) is 0 Å². The fraction of sp³-hybridized carbons (Fsp3) is 0.286. The third-order valence-electron chi connectivity index (χ3n) is 4.37. The molecule has 0 spiro atoms. The van der Waals surface area contributed by atoms with Crippen LogP contribution in [-0.2, 0) is 24.2 Å². The molecular weight excluding hydrogens is 345 g/mol. The Morgan fingerprint density at radius 1 is 1.15 bits per heavy atom. The van der Waals surface area contributed by atoms with Crippen molar-refractivity contribution in [2.45, 2.75) is 39.7 Å². The fourth-order valence-corrected chi connectivity index (χ4v) is 2.69. The normalized spacial score (nSPS) is 10.8. The Bertz CT molecular complexity index is 919. The zero-order valence-corrected chi connectivity index (χ0v) is 15.5. The van der Waals surface area contributed by atoms with E-state index in [0.29, 0.717) is 30.2 Å². The minimum absolute atomic E-state index is 0.121. The standard InChI is InChI=1S/C21H22FN3O2/c1-3-15-4-7-17(8-5-15)21-24-20(27-25-21)11-10-19(26)23-13-16-6-9-18(22)14(2)12-16/h4-9,12H,3,10-11,13H2,1-2H3,(H,23,26). The minimum Gasteiger partial charge on any atom is -0.352 e. The second-order valence-electron chi connectivity index (χ2n) is 6.42. The van der Waals surface area contributed by atoms with Gasteiger partial charge >= 0.3 is 0 Å². The second-order valence-corrected chi connectivity index (χ2v) is 6.42. The molecule has 0 aliphatic carbocycles. The van der Waals surface area contributed by atoms with Gasteiger partial charge < -0.3 is 9.84 Å². The van der Waals surface area contributed by atoms with E-state index >= 15 is 0 Å². The molecule has 1 amide bonds. The van der Waals surface area contributed by atoms with E-state index in [1.165, 1.54) is 11.6 Å². The summed E-state index contributed by atoms with van der Waals surface area (Å²) in [6.07, 6.45) is 1.59. The number of benzene rings is 2. The lowest BCUT2D eigenvalue weighted by Crippen LogP contribution is -2.23. The summed E-state index contributed by atoms with van der Waals surface area (Å²) >= 11 is 0. The molecule has 0 aliphatic rings. The highest BCUT2D eigenvalue weighted by Gasteiger charge is 2.11. The average molecular weight is 367 g/mol. The Balaban J connectivity index is 1.50. The van der Waals surface area contributed by atoms with Crippen molar-refractivity contribution in [3.05, 3.63) is 70.9 Å². The Labute approximate surface area is 157 Å². The third kappa shape index (κ3) is 5.00. The molecule has 0 atom stereocenters. The summed E-state index contributed by atoms with van der Waals surface area (Å²) < 4.78 is 18.5. The fourth-order valence-electron chi connectivity index (χ4n) is 2.69. The minimum atomic E-state index is -0.249. The highest BCUT2D eigenvalue weighted by atomic mass is 19.1. The van der Waals surface area contributed by atoms with Crippen LogP contribution >= 0.6 is 0 Å². The predicted molar refractivity (Wildman–Crippen MR) is 100 cm³/mol. The summed E-state index contributed by atoms with van der Waals surface area (Å²) in [6.45, 7) is 4.16. The van der Waals surface area contributed by atoms with Crippen molar-refractivity contribution in [3.63, 3.8) is 0 Å². The Morgan fingerprint density at radius 2 is 1.89 bits per heavy atom. The van der Waals surface area contributed by atoms with E-state index < -0.39 is 0 Å². The van der Waals surface area contributed by atoms with Crippen LogP contribution < -0.4 is 5.32 Å². The van der Waals surface area contributed by atoms with Crippen LogP contribution in [0.4, 0.5) is 4.39 Å². The topological polar surface area (TPSA) is 68.0 Å². The van der Waals surface area contributed by atoms with Gasteiger partial charge in [0.2, 0.25) is 17.6 Å². The van der Waals surface area contributed by atoms with E-state index in [0.717, 1.165) is 17.5 Å². The van der Waals surface area contributed by atoms with Crippen LogP contribution in [0.1, 0.15) is 35.9 Å². The number of amides is 1. The van der Waals surface area contributed by atoms with E-state index in [4.69, 9.17) is 4.52 Å². The molecule has 0 saturated carbocycles. The largest absolute Gasteiger partial charge is 0.352 e. The lowest BCUT2D eigenvalue weighted by atomic mass is 10.1. The first-order valence-corrected chi connectivity index (χ1v) is 8.98. The van der Waals surface area contributed by atoms with Crippen LogP contribution in [0.25, 0.3) is 11.4 Å². The molecule has 1 aromatic heterocycles. The van der Waals surface area contributed by atoms with Gasteiger partial charge in [0.15, 0.2) is 0 Å². The number of hydrogen-bond acceptors (Lipinski definition) is 4. The molecule has 0 aliphatic heterocycles. The molecule has 27 heavy (non-hydrogen) atoms. The maximum atomic E-state index is 13.3. The Hall–Kier alpha value is -3.02. The Morgan fingerprint density at radius 3 is 2.59 bits per heavy atom. The lowest BCUT2D eigenvalue weighted by molar-refractivity contribution is -0.121. The first-order valence-electron chi connectivity index (χ1n) is 8.98. The highest BCUT2D eigenvalue weighted by molar-refractivity contribution is 5.76. The number of rotatable bonds is 7. The first kappa shape index (κ1) is 18.8. The number of aryl methyl sites for hydroxylation is 3. The zero-order valence-electron chi connectivity index (χ0n) is 15.5. The summed E-state index contributed by atoms with van der Waals surface area (Å²) in [7, 11) is 0. The molecule has 0 radical (unpaired) electrons. The van der Waals surface area contributed by atoms with Gasteiger partial charge in [-0.15, -0.1) is 0 Å².